The molecule has 0 saturated heterocycles. The average molecular weight is 419 g/mol. The number of hydrogen-bond acceptors (Lipinski definition) is 7. The van der Waals surface area contributed by atoms with E-state index in [1.165, 1.54) is 7.11 Å². The number of rotatable bonds is 9. The van der Waals surface area contributed by atoms with Gasteiger partial charge in [-0.25, -0.2) is 9.59 Å². The number of esters is 2. The Kier molecular flexibility index (Phi) is 7.74. The van der Waals surface area contributed by atoms with Gasteiger partial charge in [-0.3, -0.25) is 0 Å². The number of benzene rings is 1. The lowest BCUT2D eigenvalue weighted by atomic mass is 10.1. The molecule has 2 rings (SSSR count). The summed E-state index contributed by atoms with van der Waals surface area (Å²) in [5, 5.41) is 0. The molecule has 0 radical (unpaired) electrons. The highest BCUT2D eigenvalue weighted by atomic mass is 16.5. The number of carbonyl (C=O) groups excluding carboxylic acids is 2. The van der Waals surface area contributed by atoms with E-state index in [0.717, 1.165) is 5.56 Å². The number of methoxy groups -OCH3 is 3. The predicted molar refractivity (Wildman–Crippen MR) is 111 cm³/mol. The van der Waals surface area contributed by atoms with Crippen LogP contribution in [0.5, 0.6) is 17.2 Å². The van der Waals surface area contributed by atoms with Crippen LogP contribution in [0, 0.1) is 13.8 Å². The smallest absolute Gasteiger partial charge is 0.340 e. The first-order valence-corrected chi connectivity index (χ1v) is 9.67. The van der Waals surface area contributed by atoms with Gasteiger partial charge in [0.05, 0.1) is 45.7 Å². The third-order valence-corrected chi connectivity index (χ3v) is 4.81. The molecule has 1 aromatic carbocycles. The first-order chi connectivity index (χ1) is 14.3. The zero-order chi connectivity index (χ0) is 22.4. The van der Waals surface area contributed by atoms with Crippen molar-refractivity contribution in [2.45, 2.75) is 34.2 Å². The Morgan fingerprint density at radius 3 is 1.57 bits per heavy atom. The first kappa shape index (κ1) is 23.1. The lowest BCUT2D eigenvalue weighted by molar-refractivity contribution is 0.0479. The van der Waals surface area contributed by atoms with Crippen molar-refractivity contribution < 1.29 is 33.3 Å². The summed E-state index contributed by atoms with van der Waals surface area (Å²) in [5.74, 6) is 0.426. The molecule has 1 aromatic heterocycles. The average Bonchev–Trinajstić information content (AvgIpc) is 2.98. The third kappa shape index (κ3) is 4.37. The molecule has 0 aliphatic rings. The molecule has 1 heterocycles. The molecular formula is C22H29NO7. The first-order valence-electron chi connectivity index (χ1n) is 9.67. The van der Waals surface area contributed by atoms with Gasteiger partial charge in [0.1, 0.15) is 0 Å². The summed E-state index contributed by atoms with van der Waals surface area (Å²) in [5.41, 5.74) is 2.52. The Morgan fingerprint density at radius 1 is 0.800 bits per heavy atom. The van der Waals surface area contributed by atoms with Crippen LogP contribution in [-0.2, 0) is 16.0 Å². The van der Waals surface area contributed by atoms with Crippen LogP contribution in [0.15, 0.2) is 12.1 Å². The molecule has 0 bridgehead atoms. The molecule has 0 spiro atoms. The maximum Gasteiger partial charge on any atom is 0.340 e. The van der Waals surface area contributed by atoms with Gasteiger partial charge in [0.15, 0.2) is 11.5 Å². The van der Waals surface area contributed by atoms with E-state index in [2.05, 4.69) is 0 Å². The van der Waals surface area contributed by atoms with Gasteiger partial charge in [-0.15, -0.1) is 0 Å². The van der Waals surface area contributed by atoms with E-state index in [1.54, 1.807) is 41.9 Å². The fourth-order valence-corrected chi connectivity index (χ4v) is 3.44. The van der Waals surface area contributed by atoms with Crippen molar-refractivity contribution in [1.29, 1.82) is 0 Å². The maximum absolute atomic E-state index is 12.6. The van der Waals surface area contributed by atoms with Crippen molar-refractivity contribution in [1.82, 2.24) is 4.57 Å². The summed E-state index contributed by atoms with van der Waals surface area (Å²) in [6.45, 7) is 7.78. The Bertz CT molecular complexity index is 864. The van der Waals surface area contributed by atoms with E-state index in [0.29, 0.717) is 35.2 Å². The van der Waals surface area contributed by atoms with E-state index in [9.17, 15) is 9.59 Å². The quantitative estimate of drug-likeness (QED) is 0.575. The highest BCUT2D eigenvalue weighted by molar-refractivity contribution is 6.05. The zero-order valence-corrected chi connectivity index (χ0v) is 18.6. The third-order valence-electron chi connectivity index (χ3n) is 4.81. The summed E-state index contributed by atoms with van der Waals surface area (Å²) >= 11 is 0. The summed E-state index contributed by atoms with van der Waals surface area (Å²) in [4.78, 5) is 25.2. The molecule has 0 fully saturated rings. The molecule has 0 saturated carbocycles. The normalized spacial score (nSPS) is 10.5. The summed E-state index contributed by atoms with van der Waals surface area (Å²) < 4.78 is 28.5. The van der Waals surface area contributed by atoms with Crippen molar-refractivity contribution in [3.63, 3.8) is 0 Å². The molecular weight excluding hydrogens is 390 g/mol. The van der Waals surface area contributed by atoms with Crippen LogP contribution in [0.25, 0.3) is 0 Å². The fraction of sp³-hybridized carbons (Fsp3) is 0.455. The van der Waals surface area contributed by atoms with Crippen molar-refractivity contribution in [3.05, 3.63) is 40.2 Å². The Morgan fingerprint density at radius 2 is 1.23 bits per heavy atom. The van der Waals surface area contributed by atoms with Crippen LogP contribution in [-0.4, -0.2) is 51.0 Å². The van der Waals surface area contributed by atoms with Crippen molar-refractivity contribution in [3.8, 4) is 17.2 Å². The summed E-state index contributed by atoms with van der Waals surface area (Å²) in [6.07, 6.45) is 0. The highest BCUT2D eigenvalue weighted by Gasteiger charge is 2.29. The monoisotopic (exact) mass is 419 g/mol. The molecule has 0 atom stereocenters. The Labute approximate surface area is 176 Å². The van der Waals surface area contributed by atoms with Gasteiger partial charge in [-0.1, -0.05) is 0 Å². The predicted octanol–water partition coefficient (Wildman–Crippen LogP) is 3.53. The van der Waals surface area contributed by atoms with Crippen molar-refractivity contribution in [2.75, 3.05) is 34.5 Å². The largest absolute Gasteiger partial charge is 0.493 e. The second-order valence-electron chi connectivity index (χ2n) is 6.48. The van der Waals surface area contributed by atoms with Gasteiger partial charge >= 0.3 is 11.9 Å². The highest BCUT2D eigenvalue weighted by Crippen LogP contribution is 2.38. The van der Waals surface area contributed by atoms with E-state index < -0.39 is 11.9 Å². The molecule has 0 aliphatic carbocycles. The fourth-order valence-electron chi connectivity index (χ4n) is 3.44. The van der Waals surface area contributed by atoms with Gasteiger partial charge in [0.2, 0.25) is 5.75 Å². The van der Waals surface area contributed by atoms with Crippen LogP contribution in [0.3, 0.4) is 0 Å². The minimum absolute atomic E-state index is 0.206. The Hall–Kier alpha value is -3.16. The Balaban J connectivity index is 2.62. The van der Waals surface area contributed by atoms with Crippen LogP contribution in [0.4, 0.5) is 0 Å². The van der Waals surface area contributed by atoms with E-state index in [-0.39, 0.29) is 24.3 Å². The van der Waals surface area contributed by atoms with Gasteiger partial charge in [0, 0.05) is 17.9 Å². The zero-order valence-electron chi connectivity index (χ0n) is 18.6. The van der Waals surface area contributed by atoms with Gasteiger partial charge in [-0.05, 0) is 45.4 Å². The van der Waals surface area contributed by atoms with E-state index in [1.807, 2.05) is 16.7 Å². The number of nitrogens with zero attached hydrogens (tertiary/aromatic N) is 1. The number of carbonyl (C=O) groups is 2. The molecule has 2 aromatic rings. The molecule has 8 nitrogen and oxygen atoms in total. The van der Waals surface area contributed by atoms with Gasteiger partial charge in [-0.2, -0.15) is 0 Å². The molecule has 164 valence electrons. The minimum atomic E-state index is -0.551. The summed E-state index contributed by atoms with van der Waals surface area (Å²) in [7, 11) is 4.63. The van der Waals surface area contributed by atoms with Crippen molar-refractivity contribution >= 4 is 11.9 Å². The maximum atomic E-state index is 12.6. The van der Waals surface area contributed by atoms with Crippen molar-refractivity contribution in [2.24, 2.45) is 0 Å². The van der Waals surface area contributed by atoms with Crippen LogP contribution >= 0.6 is 0 Å². The van der Waals surface area contributed by atoms with Crippen LogP contribution in [0.1, 0.15) is 51.5 Å². The molecule has 0 amide bonds. The molecule has 30 heavy (non-hydrogen) atoms. The SMILES string of the molecule is CCOC(=O)c1c(C(=O)OCC)c(C)n(Cc2cc(OC)c(OC)c(OC)c2)c1C. The minimum Gasteiger partial charge on any atom is -0.493 e. The number of hydrogen-bond donors (Lipinski definition) is 0. The second-order valence-corrected chi connectivity index (χ2v) is 6.48. The number of aromatic nitrogens is 1. The number of ether oxygens (including phenoxy) is 5. The lowest BCUT2D eigenvalue weighted by Crippen LogP contribution is -2.13. The molecule has 0 aliphatic heterocycles. The second kappa shape index (κ2) is 10.0. The molecule has 8 heteroatoms. The van der Waals surface area contributed by atoms with Crippen LogP contribution in [0.2, 0.25) is 0 Å². The van der Waals surface area contributed by atoms with Crippen LogP contribution < -0.4 is 14.2 Å². The topological polar surface area (TPSA) is 85.2 Å². The molecule has 0 N–H and O–H groups in total. The van der Waals surface area contributed by atoms with E-state index >= 15 is 0 Å². The van der Waals surface area contributed by atoms with Gasteiger partial charge in [0.25, 0.3) is 0 Å². The van der Waals surface area contributed by atoms with E-state index in [4.69, 9.17) is 23.7 Å². The van der Waals surface area contributed by atoms with Gasteiger partial charge < -0.3 is 28.3 Å². The summed E-state index contributed by atoms with van der Waals surface area (Å²) in [6, 6.07) is 3.66. The standard InChI is InChI=1S/C22H29NO7/c1-8-29-21(24)18-13(3)23(14(4)19(18)22(25)30-9-2)12-15-10-16(26-5)20(28-7)17(11-15)27-6/h10-11H,8-9,12H2,1-7H3. The molecule has 0 unspecified atom stereocenters. The lowest BCUT2D eigenvalue weighted by Gasteiger charge is -2.16.